The third-order valence-electron chi connectivity index (χ3n) is 4.38. The van der Waals surface area contributed by atoms with Crippen LogP contribution in [0.15, 0.2) is 12.3 Å². The SMILES string of the molecule is CCC(CC)n1ccc(CC2(CC(C)C)CNC2)n1. The fourth-order valence-corrected chi connectivity index (χ4v) is 3.41. The molecule has 0 aliphatic carbocycles. The molecule has 0 amide bonds. The molecule has 2 rings (SSSR count). The van der Waals surface area contributed by atoms with Crippen molar-refractivity contribution in [1.29, 1.82) is 0 Å². The van der Waals surface area contributed by atoms with Gasteiger partial charge in [-0.3, -0.25) is 4.68 Å². The molecule has 19 heavy (non-hydrogen) atoms. The second-order valence-corrected chi connectivity index (χ2v) is 6.64. The Kier molecular flexibility index (Phi) is 4.67. The summed E-state index contributed by atoms with van der Waals surface area (Å²) >= 11 is 0. The van der Waals surface area contributed by atoms with E-state index in [0.717, 1.165) is 38.3 Å². The second-order valence-electron chi connectivity index (χ2n) is 6.64. The van der Waals surface area contributed by atoms with Crippen LogP contribution in [-0.4, -0.2) is 22.9 Å². The average molecular weight is 263 g/mol. The van der Waals surface area contributed by atoms with Crippen molar-refractivity contribution in [3.63, 3.8) is 0 Å². The van der Waals surface area contributed by atoms with Crippen molar-refractivity contribution in [1.82, 2.24) is 15.1 Å². The molecule has 0 spiro atoms. The highest BCUT2D eigenvalue weighted by Crippen LogP contribution is 2.34. The monoisotopic (exact) mass is 263 g/mol. The van der Waals surface area contributed by atoms with Gasteiger partial charge in [-0.1, -0.05) is 27.7 Å². The number of hydrogen-bond donors (Lipinski definition) is 1. The Morgan fingerprint density at radius 2 is 2.00 bits per heavy atom. The molecule has 0 radical (unpaired) electrons. The Morgan fingerprint density at radius 3 is 2.47 bits per heavy atom. The summed E-state index contributed by atoms with van der Waals surface area (Å²) in [5, 5.41) is 8.26. The zero-order valence-corrected chi connectivity index (χ0v) is 12.9. The van der Waals surface area contributed by atoms with E-state index in [1.54, 1.807) is 0 Å². The van der Waals surface area contributed by atoms with Gasteiger partial charge in [-0.05, 0) is 37.7 Å². The molecule has 0 atom stereocenters. The van der Waals surface area contributed by atoms with E-state index >= 15 is 0 Å². The number of nitrogens with one attached hydrogen (secondary N) is 1. The smallest absolute Gasteiger partial charge is 0.0631 e. The normalized spacial score (nSPS) is 18.0. The highest BCUT2D eigenvalue weighted by Gasteiger charge is 2.37. The van der Waals surface area contributed by atoms with Crippen LogP contribution in [0.25, 0.3) is 0 Å². The number of hydrogen-bond acceptors (Lipinski definition) is 2. The molecule has 108 valence electrons. The van der Waals surface area contributed by atoms with Gasteiger partial charge in [0.15, 0.2) is 0 Å². The van der Waals surface area contributed by atoms with Crippen molar-refractivity contribution in [3.05, 3.63) is 18.0 Å². The van der Waals surface area contributed by atoms with Crippen LogP contribution in [0.4, 0.5) is 0 Å². The zero-order chi connectivity index (χ0) is 13.9. The first kappa shape index (κ1) is 14.6. The second kappa shape index (κ2) is 6.08. The quantitative estimate of drug-likeness (QED) is 0.817. The van der Waals surface area contributed by atoms with Crippen molar-refractivity contribution in [2.75, 3.05) is 13.1 Å². The van der Waals surface area contributed by atoms with Gasteiger partial charge >= 0.3 is 0 Å². The van der Waals surface area contributed by atoms with E-state index < -0.39 is 0 Å². The third kappa shape index (κ3) is 3.38. The number of aromatic nitrogens is 2. The van der Waals surface area contributed by atoms with Crippen molar-refractivity contribution in [3.8, 4) is 0 Å². The van der Waals surface area contributed by atoms with Gasteiger partial charge in [0.2, 0.25) is 0 Å². The lowest BCUT2D eigenvalue weighted by molar-refractivity contribution is 0.129. The summed E-state index contributed by atoms with van der Waals surface area (Å²) in [4.78, 5) is 0. The van der Waals surface area contributed by atoms with Crippen molar-refractivity contribution >= 4 is 0 Å². The van der Waals surface area contributed by atoms with Gasteiger partial charge in [-0.2, -0.15) is 5.10 Å². The van der Waals surface area contributed by atoms with E-state index in [0.29, 0.717) is 11.5 Å². The standard InChI is InChI=1S/C16H29N3/c1-5-15(6-2)19-8-7-14(18-19)10-16(9-13(3)4)11-17-12-16/h7-8,13,15,17H,5-6,9-12H2,1-4H3. The van der Waals surface area contributed by atoms with E-state index in [1.807, 2.05) is 0 Å². The molecule has 1 N–H and O–H groups in total. The predicted octanol–water partition coefficient (Wildman–Crippen LogP) is 3.42. The van der Waals surface area contributed by atoms with Gasteiger partial charge in [-0.25, -0.2) is 0 Å². The lowest BCUT2D eigenvalue weighted by Gasteiger charge is -2.43. The van der Waals surface area contributed by atoms with E-state index in [9.17, 15) is 0 Å². The molecule has 1 aromatic heterocycles. The Balaban J connectivity index is 2.02. The molecule has 3 nitrogen and oxygen atoms in total. The third-order valence-corrected chi connectivity index (χ3v) is 4.38. The topological polar surface area (TPSA) is 29.9 Å². The largest absolute Gasteiger partial charge is 0.316 e. The zero-order valence-electron chi connectivity index (χ0n) is 12.9. The van der Waals surface area contributed by atoms with E-state index in [1.165, 1.54) is 12.1 Å². The Hall–Kier alpha value is -0.830. The molecule has 1 aliphatic rings. The molecule has 3 heteroatoms. The number of rotatable bonds is 7. The first-order chi connectivity index (χ1) is 9.08. The summed E-state index contributed by atoms with van der Waals surface area (Å²) in [5.41, 5.74) is 1.73. The van der Waals surface area contributed by atoms with Gasteiger partial charge in [0.1, 0.15) is 0 Å². The van der Waals surface area contributed by atoms with Gasteiger partial charge in [-0.15, -0.1) is 0 Å². The molecule has 2 heterocycles. The van der Waals surface area contributed by atoms with Gasteiger partial charge in [0.05, 0.1) is 11.7 Å². The summed E-state index contributed by atoms with van der Waals surface area (Å²) in [6.45, 7) is 11.4. The maximum Gasteiger partial charge on any atom is 0.0631 e. The Labute approximate surface area is 117 Å². The Bertz CT molecular complexity index is 386. The predicted molar refractivity (Wildman–Crippen MR) is 80.3 cm³/mol. The van der Waals surface area contributed by atoms with Crippen LogP contribution in [0.5, 0.6) is 0 Å². The minimum atomic E-state index is 0.460. The van der Waals surface area contributed by atoms with Crippen LogP contribution in [0.2, 0.25) is 0 Å². The lowest BCUT2D eigenvalue weighted by atomic mass is 9.72. The molecule has 0 saturated carbocycles. The van der Waals surface area contributed by atoms with Crippen LogP contribution in [-0.2, 0) is 6.42 Å². The maximum atomic E-state index is 4.82. The molecule has 1 saturated heterocycles. The van der Waals surface area contributed by atoms with Crippen LogP contribution in [0, 0.1) is 11.3 Å². The van der Waals surface area contributed by atoms with E-state index in [2.05, 4.69) is 50.0 Å². The van der Waals surface area contributed by atoms with Crippen molar-refractivity contribution in [2.24, 2.45) is 11.3 Å². The lowest BCUT2D eigenvalue weighted by Crippen LogP contribution is -2.55. The average Bonchev–Trinajstić information content (AvgIpc) is 2.76. The summed E-state index contributed by atoms with van der Waals surface area (Å²) in [5.74, 6) is 0.767. The van der Waals surface area contributed by atoms with Crippen molar-refractivity contribution in [2.45, 2.75) is 59.4 Å². The molecular weight excluding hydrogens is 234 g/mol. The van der Waals surface area contributed by atoms with Crippen LogP contribution >= 0.6 is 0 Å². The highest BCUT2D eigenvalue weighted by molar-refractivity contribution is 5.08. The summed E-state index contributed by atoms with van der Waals surface area (Å²) in [7, 11) is 0. The van der Waals surface area contributed by atoms with Crippen molar-refractivity contribution < 1.29 is 0 Å². The fourth-order valence-electron chi connectivity index (χ4n) is 3.41. The summed E-state index contributed by atoms with van der Waals surface area (Å²) < 4.78 is 2.17. The van der Waals surface area contributed by atoms with Gasteiger partial charge in [0, 0.05) is 24.7 Å². The minimum absolute atomic E-state index is 0.460. The molecular formula is C16H29N3. The number of nitrogens with zero attached hydrogens (tertiary/aromatic N) is 2. The summed E-state index contributed by atoms with van der Waals surface area (Å²) in [6.07, 6.45) is 6.93. The maximum absolute atomic E-state index is 4.82. The molecule has 1 aromatic rings. The first-order valence-corrected chi connectivity index (χ1v) is 7.83. The first-order valence-electron chi connectivity index (χ1n) is 7.83. The van der Waals surface area contributed by atoms with E-state index in [-0.39, 0.29) is 0 Å². The van der Waals surface area contributed by atoms with Gasteiger partial charge in [0.25, 0.3) is 0 Å². The van der Waals surface area contributed by atoms with Crippen LogP contribution in [0.3, 0.4) is 0 Å². The van der Waals surface area contributed by atoms with Crippen LogP contribution in [0.1, 0.15) is 58.7 Å². The highest BCUT2D eigenvalue weighted by atomic mass is 15.3. The molecule has 0 unspecified atom stereocenters. The van der Waals surface area contributed by atoms with Gasteiger partial charge < -0.3 is 5.32 Å². The van der Waals surface area contributed by atoms with E-state index in [4.69, 9.17) is 5.10 Å². The molecule has 1 fully saturated rings. The molecule has 0 aromatic carbocycles. The van der Waals surface area contributed by atoms with Crippen LogP contribution < -0.4 is 5.32 Å². The minimum Gasteiger partial charge on any atom is -0.316 e. The Morgan fingerprint density at radius 1 is 1.32 bits per heavy atom. The fraction of sp³-hybridized carbons (Fsp3) is 0.812. The molecule has 0 bridgehead atoms. The summed E-state index contributed by atoms with van der Waals surface area (Å²) in [6, 6.07) is 2.79. The molecule has 1 aliphatic heterocycles.